The summed E-state index contributed by atoms with van der Waals surface area (Å²) in [6.45, 7) is 5.80. The molecule has 26 heavy (non-hydrogen) atoms. The Kier molecular flexibility index (Phi) is 5.96. The van der Waals surface area contributed by atoms with Crippen molar-refractivity contribution in [3.8, 4) is 22.8 Å². The predicted octanol–water partition coefficient (Wildman–Crippen LogP) is 2.43. The van der Waals surface area contributed by atoms with E-state index < -0.39 is 0 Å². The van der Waals surface area contributed by atoms with Crippen LogP contribution in [0.15, 0.2) is 29.1 Å². The summed E-state index contributed by atoms with van der Waals surface area (Å²) in [6.07, 6.45) is 0.859. The van der Waals surface area contributed by atoms with E-state index in [0.29, 0.717) is 12.3 Å². The Labute approximate surface area is 153 Å². The molecule has 0 unspecified atom stereocenters. The summed E-state index contributed by atoms with van der Waals surface area (Å²) < 4.78 is 22.3. The van der Waals surface area contributed by atoms with Crippen molar-refractivity contribution < 1.29 is 18.9 Å². The molecule has 0 saturated carbocycles. The first kappa shape index (κ1) is 18.5. The molecule has 2 aliphatic rings. The number of hydrogen-bond donors (Lipinski definition) is 0. The largest absolute Gasteiger partial charge is 0.497 e. The highest BCUT2D eigenvalue weighted by atomic mass is 16.6. The number of nitrogens with zero attached hydrogens (tertiary/aromatic N) is 1. The third-order valence-corrected chi connectivity index (χ3v) is 4.66. The monoisotopic (exact) mass is 359 g/mol. The summed E-state index contributed by atoms with van der Waals surface area (Å²) in [5, 5.41) is 0. The number of hydrogen-bond acceptors (Lipinski definition) is 5. The quantitative estimate of drug-likeness (QED) is 0.824. The van der Waals surface area contributed by atoms with Gasteiger partial charge in [0.25, 0.3) is 5.56 Å². The highest BCUT2D eigenvalue weighted by Crippen LogP contribution is 2.36. The molecule has 0 atom stereocenters. The van der Waals surface area contributed by atoms with Crippen molar-refractivity contribution in [1.29, 1.82) is 0 Å². The molecule has 1 saturated heterocycles. The standard InChI is InChI=1S/C16H17NO3.C4H8O2/c1-10-14(20-3)9-15(18)17-7-6-11-4-5-12(19-2)8-13(11)16(10)17;1-2-6-4-3-5-1/h4-5,8-9H,6-7H2,1-3H3;1-4H2. The molecule has 0 spiro atoms. The van der Waals surface area contributed by atoms with Gasteiger partial charge in [-0.2, -0.15) is 0 Å². The lowest BCUT2D eigenvalue weighted by molar-refractivity contribution is -0.0334. The van der Waals surface area contributed by atoms with Gasteiger partial charge in [-0.25, -0.2) is 0 Å². The Morgan fingerprint density at radius 3 is 2.27 bits per heavy atom. The molecule has 0 radical (unpaired) electrons. The van der Waals surface area contributed by atoms with Crippen LogP contribution in [0.4, 0.5) is 0 Å². The first-order chi connectivity index (χ1) is 12.7. The molecule has 140 valence electrons. The number of aromatic nitrogens is 1. The highest BCUT2D eigenvalue weighted by Gasteiger charge is 2.21. The Morgan fingerprint density at radius 1 is 1.00 bits per heavy atom. The molecule has 1 aromatic carbocycles. The van der Waals surface area contributed by atoms with Crippen LogP contribution in [0, 0.1) is 6.92 Å². The minimum Gasteiger partial charge on any atom is -0.497 e. The summed E-state index contributed by atoms with van der Waals surface area (Å²) in [5.41, 5.74) is 4.21. The maximum absolute atomic E-state index is 12.2. The molecule has 2 aliphatic heterocycles. The van der Waals surface area contributed by atoms with E-state index >= 15 is 0 Å². The van der Waals surface area contributed by atoms with Crippen molar-refractivity contribution >= 4 is 0 Å². The summed E-state index contributed by atoms with van der Waals surface area (Å²) in [6, 6.07) is 7.58. The molecule has 1 fully saturated rings. The van der Waals surface area contributed by atoms with Crippen molar-refractivity contribution in [2.75, 3.05) is 40.6 Å². The molecule has 6 nitrogen and oxygen atoms in total. The van der Waals surface area contributed by atoms with E-state index in [4.69, 9.17) is 18.9 Å². The summed E-state index contributed by atoms with van der Waals surface area (Å²) in [4.78, 5) is 12.2. The van der Waals surface area contributed by atoms with Gasteiger partial charge in [0, 0.05) is 23.7 Å². The van der Waals surface area contributed by atoms with Gasteiger partial charge in [-0.3, -0.25) is 4.79 Å². The maximum atomic E-state index is 12.2. The molecule has 3 heterocycles. The number of aryl methyl sites for hydroxylation is 1. The molecule has 4 rings (SSSR count). The van der Waals surface area contributed by atoms with Gasteiger partial charge in [0.1, 0.15) is 11.5 Å². The average Bonchev–Trinajstić information content (AvgIpc) is 2.71. The van der Waals surface area contributed by atoms with Crippen LogP contribution in [0.3, 0.4) is 0 Å². The third-order valence-electron chi connectivity index (χ3n) is 4.66. The second-order valence-electron chi connectivity index (χ2n) is 6.17. The van der Waals surface area contributed by atoms with Crippen LogP contribution in [-0.4, -0.2) is 45.2 Å². The van der Waals surface area contributed by atoms with Gasteiger partial charge < -0.3 is 23.5 Å². The van der Waals surface area contributed by atoms with Crippen LogP contribution < -0.4 is 15.0 Å². The van der Waals surface area contributed by atoms with Crippen molar-refractivity contribution in [3.05, 3.63) is 45.7 Å². The van der Waals surface area contributed by atoms with E-state index in [0.717, 1.165) is 55.4 Å². The van der Waals surface area contributed by atoms with Gasteiger partial charge in [-0.1, -0.05) is 6.07 Å². The molecular formula is C20H25NO5. The molecule has 0 N–H and O–H groups in total. The molecule has 0 amide bonds. The highest BCUT2D eigenvalue weighted by molar-refractivity contribution is 5.72. The van der Waals surface area contributed by atoms with Crippen molar-refractivity contribution in [1.82, 2.24) is 4.57 Å². The SMILES string of the molecule is C1COCCO1.COc1ccc2c(c1)-c1c(C)c(OC)cc(=O)n1CC2. The Morgan fingerprint density at radius 2 is 1.69 bits per heavy atom. The second kappa shape index (κ2) is 8.38. The van der Waals surface area contributed by atoms with Crippen LogP contribution in [-0.2, 0) is 22.4 Å². The molecule has 2 aromatic rings. The Balaban J connectivity index is 0.000000278. The number of benzene rings is 1. The normalized spacial score (nSPS) is 15.2. The van der Waals surface area contributed by atoms with Gasteiger partial charge in [0.15, 0.2) is 0 Å². The van der Waals surface area contributed by atoms with E-state index in [-0.39, 0.29) is 5.56 Å². The molecule has 0 aliphatic carbocycles. The van der Waals surface area contributed by atoms with Crippen molar-refractivity contribution in [3.63, 3.8) is 0 Å². The zero-order valence-electron chi connectivity index (χ0n) is 15.5. The van der Waals surface area contributed by atoms with Crippen LogP contribution in [0.2, 0.25) is 0 Å². The van der Waals surface area contributed by atoms with Gasteiger partial charge >= 0.3 is 0 Å². The maximum Gasteiger partial charge on any atom is 0.254 e. The first-order valence-corrected chi connectivity index (χ1v) is 8.77. The topological polar surface area (TPSA) is 58.9 Å². The van der Waals surface area contributed by atoms with E-state index in [2.05, 4.69) is 6.07 Å². The molecule has 6 heteroatoms. The predicted molar refractivity (Wildman–Crippen MR) is 99.3 cm³/mol. The van der Waals surface area contributed by atoms with Crippen LogP contribution in [0.5, 0.6) is 11.5 Å². The summed E-state index contributed by atoms with van der Waals surface area (Å²) in [7, 11) is 3.24. The zero-order valence-corrected chi connectivity index (χ0v) is 15.5. The number of fused-ring (bicyclic) bond motifs is 3. The van der Waals surface area contributed by atoms with Gasteiger partial charge in [0.2, 0.25) is 0 Å². The Hall–Kier alpha value is -2.31. The van der Waals surface area contributed by atoms with E-state index in [1.54, 1.807) is 20.3 Å². The van der Waals surface area contributed by atoms with Crippen LogP contribution in [0.25, 0.3) is 11.3 Å². The summed E-state index contributed by atoms with van der Waals surface area (Å²) in [5.74, 6) is 1.43. The number of methoxy groups -OCH3 is 2. The van der Waals surface area contributed by atoms with Gasteiger partial charge in [-0.05, 0) is 31.0 Å². The lowest BCUT2D eigenvalue weighted by Gasteiger charge is -2.25. The fourth-order valence-electron chi connectivity index (χ4n) is 3.30. The van der Waals surface area contributed by atoms with Crippen molar-refractivity contribution in [2.45, 2.75) is 19.9 Å². The fourth-order valence-corrected chi connectivity index (χ4v) is 3.30. The molecule has 1 aromatic heterocycles. The summed E-state index contributed by atoms with van der Waals surface area (Å²) >= 11 is 0. The lowest BCUT2D eigenvalue weighted by Crippen LogP contribution is -2.26. The van der Waals surface area contributed by atoms with E-state index in [9.17, 15) is 4.79 Å². The lowest BCUT2D eigenvalue weighted by atomic mass is 9.94. The first-order valence-electron chi connectivity index (χ1n) is 8.77. The molecule has 0 bridgehead atoms. The minimum atomic E-state index is -0.0177. The van der Waals surface area contributed by atoms with Gasteiger partial charge in [0.05, 0.1) is 46.3 Å². The number of pyridine rings is 1. The fraction of sp³-hybridized carbons (Fsp3) is 0.450. The zero-order chi connectivity index (χ0) is 18.5. The van der Waals surface area contributed by atoms with E-state index in [1.165, 1.54) is 5.56 Å². The average molecular weight is 359 g/mol. The molecular weight excluding hydrogens is 334 g/mol. The minimum absolute atomic E-state index is 0.0177. The van der Waals surface area contributed by atoms with E-state index in [1.807, 2.05) is 23.6 Å². The second-order valence-corrected chi connectivity index (χ2v) is 6.17. The van der Waals surface area contributed by atoms with Gasteiger partial charge in [-0.15, -0.1) is 0 Å². The number of rotatable bonds is 2. The van der Waals surface area contributed by atoms with Crippen molar-refractivity contribution in [2.24, 2.45) is 0 Å². The third kappa shape index (κ3) is 3.76. The Bertz CT molecular complexity index is 812. The smallest absolute Gasteiger partial charge is 0.254 e. The number of ether oxygens (including phenoxy) is 4. The van der Waals surface area contributed by atoms with Crippen LogP contribution in [0.1, 0.15) is 11.1 Å². The van der Waals surface area contributed by atoms with Crippen LogP contribution >= 0.6 is 0 Å².